The average molecular weight is 564 g/mol. The van der Waals surface area contributed by atoms with Gasteiger partial charge in [0.2, 0.25) is 0 Å². The maximum atomic E-state index is 13.5. The lowest BCUT2D eigenvalue weighted by Crippen LogP contribution is -2.51. The zero-order chi connectivity index (χ0) is 28.0. The zero-order valence-electron chi connectivity index (χ0n) is 22.4. The van der Waals surface area contributed by atoms with Gasteiger partial charge < -0.3 is 30.0 Å². The van der Waals surface area contributed by atoms with Crippen LogP contribution in [0.4, 0.5) is 10.5 Å². The van der Waals surface area contributed by atoms with Crippen molar-refractivity contribution in [2.24, 2.45) is 5.92 Å². The molecule has 5 atom stereocenters. The Hall–Kier alpha value is -2.74. The van der Waals surface area contributed by atoms with Gasteiger partial charge in [-0.2, -0.15) is 0 Å². The number of nitrogens with zero attached hydrogens (tertiary/aromatic N) is 1. The van der Waals surface area contributed by atoms with Crippen LogP contribution in [0.15, 0.2) is 59.5 Å². The van der Waals surface area contributed by atoms with Gasteiger partial charge in [-0.15, -0.1) is 0 Å². The second-order valence-corrected chi connectivity index (χ2v) is 11.7. The monoisotopic (exact) mass is 563 g/mol. The summed E-state index contributed by atoms with van der Waals surface area (Å²) in [5.74, 6) is -0.0401. The molecule has 0 radical (unpaired) electrons. The van der Waals surface area contributed by atoms with Crippen molar-refractivity contribution in [3.63, 3.8) is 0 Å². The fraction of sp³-hybridized carbons (Fsp3) is 0.519. The highest BCUT2D eigenvalue weighted by Crippen LogP contribution is 2.33. The van der Waals surface area contributed by atoms with E-state index in [-0.39, 0.29) is 30.1 Å². The highest BCUT2D eigenvalue weighted by atomic mass is 32.2. The molecule has 39 heavy (non-hydrogen) atoms. The van der Waals surface area contributed by atoms with Crippen molar-refractivity contribution in [1.82, 2.24) is 9.79 Å². The Bertz CT molecular complexity index is 1200. The lowest BCUT2D eigenvalue weighted by atomic mass is 10.0. The molecule has 2 aromatic carbocycles. The number of ether oxygens (including phenoxy) is 3. The fourth-order valence-corrected chi connectivity index (χ4v) is 6.06. The maximum Gasteiger partial charge on any atom is 0.407 e. The Morgan fingerprint density at radius 3 is 2.64 bits per heavy atom. The van der Waals surface area contributed by atoms with Gasteiger partial charge in [0, 0.05) is 12.7 Å². The molecule has 12 heteroatoms. The molecule has 0 aliphatic carbocycles. The van der Waals surface area contributed by atoms with Crippen LogP contribution in [-0.4, -0.2) is 81.5 Å². The number of amides is 1. The molecule has 0 bridgehead atoms. The summed E-state index contributed by atoms with van der Waals surface area (Å²) in [5, 5.41) is 17.0. The highest BCUT2D eigenvalue weighted by Gasteiger charge is 2.44. The molecule has 2 aromatic rings. The van der Waals surface area contributed by atoms with E-state index in [1.807, 2.05) is 30.3 Å². The molecule has 214 valence electrons. The summed E-state index contributed by atoms with van der Waals surface area (Å²) in [7, 11) is -2.46. The largest absolute Gasteiger partial charge is 0.443 e. The van der Waals surface area contributed by atoms with Crippen LogP contribution in [0, 0.1) is 5.92 Å². The van der Waals surface area contributed by atoms with E-state index in [0.717, 1.165) is 16.5 Å². The predicted molar refractivity (Wildman–Crippen MR) is 143 cm³/mol. The highest BCUT2D eigenvalue weighted by molar-refractivity contribution is 7.89. The predicted octanol–water partition coefficient (Wildman–Crippen LogP) is 2.52. The third-order valence-corrected chi connectivity index (χ3v) is 8.28. The Labute approximate surface area is 229 Å². The summed E-state index contributed by atoms with van der Waals surface area (Å²) in [4.78, 5) is 18.6. The number of nitrogens with one attached hydrogen (secondary N) is 2. The van der Waals surface area contributed by atoms with Crippen molar-refractivity contribution in [2.75, 3.05) is 32.1 Å². The minimum Gasteiger partial charge on any atom is -0.443 e. The second kappa shape index (κ2) is 13.1. The summed E-state index contributed by atoms with van der Waals surface area (Å²) in [6.07, 6.45) is -2.42. The second-order valence-electron chi connectivity index (χ2n) is 9.90. The molecule has 1 amide bonds. The number of aliphatic hydroxyl groups excluding tert-OH is 1. The third-order valence-electron chi connectivity index (χ3n) is 6.66. The van der Waals surface area contributed by atoms with Crippen LogP contribution in [-0.2, 0) is 35.5 Å². The van der Waals surface area contributed by atoms with Gasteiger partial charge in [0.15, 0.2) is 6.29 Å². The minimum atomic E-state index is -4.15. The number of fused-ring (bicyclic) bond motifs is 1. The first-order chi connectivity index (χ1) is 18.7. The molecule has 0 aromatic heterocycles. The van der Waals surface area contributed by atoms with E-state index in [9.17, 15) is 18.3 Å². The number of hydroxylamine groups is 1. The Morgan fingerprint density at radius 2 is 1.92 bits per heavy atom. The van der Waals surface area contributed by atoms with Crippen LogP contribution in [0.1, 0.15) is 25.8 Å². The van der Waals surface area contributed by atoms with Gasteiger partial charge in [-0.3, -0.25) is 4.84 Å². The molecule has 11 nitrogen and oxygen atoms in total. The van der Waals surface area contributed by atoms with Gasteiger partial charge in [0.05, 0.1) is 48.8 Å². The van der Waals surface area contributed by atoms with E-state index in [4.69, 9.17) is 19.0 Å². The topological polar surface area (TPSA) is 136 Å². The van der Waals surface area contributed by atoms with Gasteiger partial charge in [-0.1, -0.05) is 40.9 Å². The SMILES string of the molecule is CNc1cccc(S(=O)(=O)N(CC(O)C(Cc2ccccc2)NC(=O)OC2COC3OCCC23)OC(C)C)c1. The minimum absolute atomic E-state index is 0.00347. The summed E-state index contributed by atoms with van der Waals surface area (Å²) in [5.41, 5.74) is 1.45. The van der Waals surface area contributed by atoms with Crippen molar-refractivity contribution in [2.45, 2.75) is 62.2 Å². The van der Waals surface area contributed by atoms with Gasteiger partial charge in [0.1, 0.15) is 6.10 Å². The van der Waals surface area contributed by atoms with E-state index in [2.05, 4.69) is 10.6 Å². The van der Waals surface area contributed by atoms with E-state index in [1.54, 1.807) is 33.0 Å². The molecule has 2 aliphatic heterocycles. The van der Waals surface area contributed by atoms with Crippen molar-refractivity contribution >= 4 is 21.8 Å². The first-order valence-electron chi connectivity index (χ1n) is 13.1. The number of carbonyl (C=O) groups excluding carboxylic acids is 1. The molecule has 0 saturated carbocycles. The number of sulfonamides is 1. The zero-order valence-corrected chi connectivity index (χ0v) is 23.2. The van der Waals surface area contributed by atoms with E-state index >= 15 is 0 Å². The Kier molecular flexibility index (Phi) is 9.81. The molecule has 2 saturated heterocycles. The number of benzene rings is 2. The Balaban J connectivity index is 1.52. The number of aliphatic hydroxyl groups is 1. The Morgan fingerprint density at radius 1 is 1.15 bits per heavy atom. The molecule has 0 spiro atoms. The van der Waals surface area contributed by atoms with E-state index in [0.29, 0.717) is 12.3 Å². The first kappa shape index (κ1) is 29.2. The molecule has 2 heterocycles. The van der Waals surface area contributed by atoms with Crippen molar-refractivity contribution in [3.05, 3.63) is 60.2 Å². The molecular formula is C27H37N3O8S. The lowest BCUT2D eigenvalue weighted by molar-refractivity contribution is -0.136. The van der Waals surface area contributed by atoms with Gasteiger partial charge >= 0.3 is 6.09 Å². The summed E-state index contributed by atoms with van der Waals surface area (Å²) in [6, 6.07) is 14.7. The van der Waals surface area contributed by atoms with Crippen LogP contribution >= 0.6 is 0 Å². The van der Waals surface area contributed by atoms with Crippen molar-refractivity contribution < 1.29 is 37.4 Å². The normalized spacial score (nSPS) is 22.5. The van der Waals surface area contributed by atoms with Gasteiger partial charge in [-0.05, 0) is 50.5 Å². The van der Waals surface area contributed by atoms with Crippen LogP contribution in [0.25, 0.3) is 0 Å². The number of hydrogen-bond acceptors (Lipinski definition) is 9. The molecule has 2 fully saturated rings. The van der Waals surface area contributed by atoms with Gasteiger partial charge in [-0.25, -0.2) is 13.2 Å². The maximum absolute atomic E-state index is 13.5. The molecule has 2 aliphatic rings. The molecule has 5 unspecified atom stereocenters. The number of anilines is 1. The smallest absolute Gasteiger partial charge is 0.407 e. The number of hydrogen-bond donors (Lipinski definition) is 3. The van der Waals surface area contributed by atoms with Crippen LogP contribution < -0.4 is 10.6 Å². The standard InChI is InChI=1S/C27H37N3O8S/c1-18(2)38-30(39(33,34)21-11-7-10-20(15-21)28-3)16-24(31)23(14-19-8-5-4-6-9-19)29-27(32)37-25-17-36-26-22(25)12-13-35-26/h4-11,15,18,22-26,28,31H,12-14,16-17H2,1-3H3,(H,29,32). The van der Waals surface area contributed by atoms with E-state index in [1.165, 1.54) is 12.1 Å². The summed E-state index contributed by atoms with van der Waals surface area (Å²) < 4.78 is 44.5. The van der Waals surface area contributed by atoms with E-state index < -0.39 is 47.0 Å². The first-order valence-corrected chi connectivity index (χ1v) is 14.5. The van der Waals surface area contributed by atoms with Gasteiger partial charge in [0.25, 0.3) is 10.0 Å². The quantitative estimate of drug-likeness (QED) is 0.333. The van der Waals surface area contributed by atoms with Crippen molar-refractivity contribution in [1.29, 1.82) is 0 Å². The van der Waals surface area contributed by atoms with Crippen LogP contribution in [0.5, 0.6) is 0 Å². The molecule has 3 N–H and O–H groups in total. The average Bonchev–Trinajstić information content (AvgIpc) is 3.53. The summed E-state index contributed by atoms with van der Waals surface area (Å²) in [6.45, 7) is 3.74. The number of carbonyl (C=O) groups is 1. The molecule has 4 rings (SSSR count). The third kappa shape index (κ3) is 7.47. The van der Waals surface area contributed by atoms with Crippen molar-refractivity contribution in [3.8, 4) is 0 Å². The summed E-state index contributed by atoms with van der Waals surface area (Å²) >= 11 is 0. The lowest BCUT2D eigenvalue weighted by Gasteiger charge is -2.30. The number of rotatable bonds is 12. The van der Waals surface area contributed by atoms with Crippen LogP contribution in [0.3, 0.4) is 0 Å². The van der Waals surface area contributed by atoms with Crippen LogP contribution in [0.2, 0.25) is 0 Å². The fourth-order valence-electron chi connectivity index (χ4n) is 4.66. The number of alkyl carbamates (subject to hydrolysis) is 1. The molecular weight excluding hydrogens is 526 g/mol.